The molecule has 0 amide bonds. The van der Waals surface area contributed by atoms with Crippen LogP contribution in [0.2, 0.25) is 0 Å². The van der Waals surface area contributed by atoms with Gasteiger partial charge in [-0.25, -0.2) is 4.68 Å². The van der Waals surface area contributed by atoms with Crippen molar-refractivity contribution in [2.75, 3.05) is 19.5 Å². The van der Waals surface area contributed by atoms with Crippen LogP contribution in [-0.2, 0) is 0 Å². The molecule has 24 heavy (non-hydrogen) atoms. The van der Waals surface area contributed by atoms with Crippen LogP contribution in [0.5, 0.6) is 11.5 Å². The maximum Gasteiger partial charge on any atom is 0.285 e. The summed E-state index contributed by atoms with van der Waals surface area (Å²) in [6.45, 7) is 1.33. The lowest BCUT2D eigenvalue weighted by Crippen LogP contribution is -2.58. The smallest absolute Gasteiger partial charge is 0.285 e. The second-order valence-corrected chi connectivity index (χ2v) is 5.56. The molecule has 10 nitrogen and oxygen atoms in total. The van der Waals surface area contributed by atoms with Crippen LogP contribution in [0.15, 0.2) is 24.5 Å². The minimum atomic E-state index is -1.83. The molecule has 0 spiro atoms. The zero-order valence-electron chi connectivity index (χ0n) is 13.3. The number of aliphatic hydroxyl groups is 1. The van der Waals surface area contributed by atoms with Gasteiger partial charge in [0.25, 0.3) is 6.04 Å². The van der Waals surface area contributed by atoms with Crippen molar-refractivity contribution < 1.29 is 19.5 Å². The molecule has 1 aromatic heterocycles. The molecule has 3 rings (SSSR count). The molecule has 0 saturated heterocycles. The number of nitrogens with one attached hydrogen (secondary N) is 1. The minimum Gasteiger partial charge on any atom is -0.493 e. The predicted octanol–water partition coefficient (Wildman–Crippen LogP) is 0.664. The third-order valence-corrected chi connectivity index (χ3v) is 4.06. The van der Waals surface area contributed by atoms with E-state index in [2.05, 4.69) is 15.4 Å². The number of rotatable bonds is 4. The molecule has 1 aliphatic heterocycles. The molecular weight excluding hydrogens is 318 g/mol. The maximum absolute atomic E-state index is 11.7. The Balaban J connectivity index is 2.26. The highest BCUT2D eigenvalue weighted by molar-refractivity contribution is 5.50. The van der Waals surface area contributed by atoms with E-state index in [0.29, 0.717) is 17.1 Å². The number of ether oxygens (including phenoxy) is 2. The summed E-state index contributed by atoms with van der Waals surface area (Å²) >= 11 is 0. The molecule has 0 fully saturated rings. The van der Waals surface area contributed by atoms with E-state index in [-0.39, 0.29) is 5.95 Å². The molecule has 0 unspecified atom stereocenters. The first-order chi connectivity index (χ1) is 11.4. The quantitative estimate of drug-likeness (QED) is 0.617. The first-order valence-electron chi connectivity index (χ1n) is 7.15. The highest BCUT2D eigenvalue weighted by atomic mass is 16.6. The number of anilines is 1. The SMILES string of the molecule is COc1cccc([C@H]2[C@H]([N+](=O)[O-])[C@](C)(O)Nc3ncnn32)c1OC. The van der Waals surface area contributed by atoms with E-state index < -0.39 is 22.7 Å². The third kappa shape index (κ3) is 2.31. The second-order valence-electron chi connectivity index (χ2n) is 5.56. The average Bonchev–Trinajstić information content (AvgIpc) is 2.98. The van der Waals surface area contributed by atoms with Crippen LogP contribution < -0.4 is 14.8 Å². The summed E-state index contributed by atoms with van der Waals surface area (Å²) in [5.74, 6) is 1.00. The van der Waals surface area contributed by atoms with Crippen LogP contribution in [0.3, 0.4) is 0 Å². The van der Waals surface area contributed by atoms with Crippen molar-refractivity contribution in [1.29, 1.82) is 0 Å². The number of hydrogen-bond acceptors (Lipinski definition) is 8. The van der Waals surface area contributed by atoms with Crippen LogP contribution in [-0.4, -0.2) is 50.8 Å². The highest BCUT2D eigenvalue weighted by Crippen LogP contribution is 2.43. The van der Waals surface area contributed by atoms with Gasteiger partial charge < -0.3 is 19.9 Å². The van der Waals surface area contributed by atoms with Gasteiger partial charge in [-0.15, -0.1) is 0 Å². The van der Waals surface area contributed by atoms with Crippen molar-refractivity contribution in [3.8, 4) is 11.5 Å². The number of nitro groups is 1. The summed E-state index contributed by atoms with van der Waals surface area (Å²) in [4.78, 5) is 15.2. The van der Waals surface area contributed by atoms with Crippen LogP contribution >= 0.6 is 0 Å². The Morgan fingerprint density at radius 3 is 2.79 bits per heavy atom. The first-order valence-corrected chi connectivity index (χ1v) is 7.15. The Morgan fingerprint density at radius 1 is 1.42 bits per heavy atom. The zero-order valence-corrected chi connectivity index (χ0v) is 13.3. The first kappa shape index (κ1) is 16.0. The van der Waals surface area contributed by atoms with Gasteiger partial charge in [0, 0.05) is 10.5 Å². The number of hydrogen-bond donors (Lipinski definition) is 2. The molecule has 0 bridgehead atoms. The zero-order chi connectivity index (χ0) is 17.5. The fraction of sp³-hybridized carbons (Fsp3) is 0.429. The van der Waals surface area contributed by atoms with Gasteiger partial charge in [-0.2, -0.15) is 10.1 Å². The van der Waals surface area contributed by atoms with Crippen molar-refractivity contribution >= 4 is 5.95 Å². The minimum absolute atomic E-state index is 0.230. The fourth-order valence-electron chi connectivity index (χ4n) is 3.05. The number of methoxy groups -OCH3 is 2. The lowest BCUT2D eigenvalue weighted by molar-refractivity contribution is -0.549. The van der Waals surface area contributed by atoms with Crippen LogP contribution in [0, 0.1) is 10.1 Å². The molecule has 2 N–H and O–H groups in total. The second kappa shape index (κ2) is 5.64. The number of fused-ring (bicyclic) bond motifs is 1. The number of benzene rings is 1. The molecule has 0 aliphatic carbocycles. The molecule has 1 aromatic carbocycles. The molecule has 128 valence electrons. The highest BCUT2D eigenvalue weighted by Gasteiger charge is 2.54. The summed E-state index contributed by atoms with van der Waals surface area (Å²) in [5.41, 5.74) is -1.36. The summed E-state index contributed by atoms with van der Waals surface area (Å²) < 4.78 is 12.0. The van der Waals surface area contributed by atoms with E-state index in [9.17, 15) is 15.2 Å². The van der Waals surface area contributed by atoms with Gasteiger partial charge in [-0.3, -0.25) is 10.1 Å². The van der Waals surface area contributed by atoms with E-state index in [1.807, 2.05) is 0 Å². The van der Waals surface area contributed by atoms with Gasteiger partial charge in [-0.05, 0) is 13.0 Å². The van der Waals surface area contributed by atoms with E-state index in [0.717, 1.165) is 0 Å². The lowest BCUT2D eigenvalue weighted by atomic mass is 9.90. The number of aromatic nitrogens is 3. The van der Waals surface area contributed by atoms with Crippen LogP contribution in [0.4, 0.5) is 5.95 Å². The van der Waals surface area contributed by atoms with Gasteiger partial charge in [0.05, 0.1) is 14.2 Å². The standard InChI is InChI=1S/C14H17N5O5/c1-14(20)12(19(21)22)10(18-13(17-14)15-7-16-18)8-5-4-6-9(23-2)11(8)24-3/h4-7,10,12,20H,1-3H3,(H,15,16,17)/t10-,12-,14-/m0/s1. The fourth-order valence-corrected chi connectivity index (χ4v) is 3.05. The van der Waals surface area contributed by atoms with Crippen molar-refractivity contribution in [1.82, 2.24) is 14.8 Å². The van der Waals surface area contributed by atoms with E-state index in [1.54, 1.807) is 18.2 Å². The van der Waals surface area contributed by atoms with Crippen molar-refractivity contribution in [2.45, 2.75) is 24.7 Å². The van der Waals surface area contributed by atoms with Gasteiger partial charge in [0.2, 0.25) is 11.7 Å². The Labute approximate surface area is 137 Å². The monoisotopic (exact) mass is 335 g/mol. The molecular formula is C14H17N5O5. The van der Waals surface area contributed by atoms with Gasteiger partial charge in [-0.1, -0.05) is 12.1 Å². The third-order valence-electron chi connectivity index (χ3n) is 4.06. The van der Waals surface area contributed by atoms with E-state index >= 15 is 0 Å². The predicted molar refractivity (Wildman–Crippen MR) is 82.7 cm³/mol. The number of para-hydroxylation sites is 1. The molecule has 3 atom stereocenters. The average molecular weight is 335 g/mol. The maximum atomic E-state index is 11.7. The Kier molecular flexibility index (Phi) is 3.76. The van der Waals surface area contributed by atoms with E-state index in [1.165, 1.54) is 32.2 Å². The van der Waals surface area contributed by atoms with Crippen molar-refractivity contribution in [3.05, 3.63) is 40.2 Å². The summed E-state index contributed by atoms with van der Waals surface area (Å²) in [6.07, 6.45) is 1.26. The topological polar surface area (TPSA) is 125 Å². The van der Waals surface area contributed by atoms with Gasteiger partial charge >= 0.3 is 0 Å². The van der Waals surface area contributed by atoms with Gasteiger partial charge in [0.1, 0.15) is 6.33 Å². The van der Waals surface area contributed by atoms with Gasteiger partial charge in [0.15, 0.2) is 17.5 Å². The summed E-state index contributed by atoms with van der Waals surface area (Å²) in [7, 11) is 2.93. The molecule has 0 radical (unpaired) electrons. The lowest BCUT2D eigenvalue weighted by Gasteiger charge is -2.38. The Hall–Kier alpha value is -2.88. The Bertz CT molecular complexity index is 775. The Morgan fingerprint density at radius 2 is 2.17 bits per heavy atom. The summed E-state index contributed by atoms with van der Waals surface area (Å²) in [5, 5.41) is 29.0. The molecule has 1 aliphatic rings. The largest absolute Gasteiger partial charge is 0.493 e. The molecule has 2 heterocycles. The molecule has 10 heteroatoms. The number of nitrogens with zero attached hydrogens (tertiary/aromatic N) is 4. The van der Waals surface area contributed by atoms with Crippen molar-refractivity contribution in [2.24, 2.45) is 0 Å². The molecule has 0 saturated carbocycles. The van der Waals surface area contributed by atoms with Crippen LogP contribution in [0.1, 0.15) is 18.5 Å². The normalized spacial score (nSPS) is 25.5. The van der Waals surface area contributed by atoms with Crippen molar-refractivity contribution in [3.63, 3.8) is 0 Å². The summed E-state index contributed by atoms with van der Waals surface area (Å²) in [6, 6.07) is 2.70. The molecule has 2 aromatic rings. The van der Waals surface area contributed by atoms with Crippen LogP contribution in [0.25, 0.3) is 0 Å². The van der Waals surface area contributed by atoms with E-state index in [4.69, 9.17) is 9.47 Å².